The van der Waals surface area contributed by atoms with E-state index in [-0.39, 0.29) is 5.91 Å². The molecule has 0 aliphatic heterocycles. The van der Waals surface area contributed by atoms with Crippen LogP contribution in [0.15, 0.2) is 47.2 Å². The van der Waals surface area contributed by atoms with Gasteiger partial charge in [0.1, 0.15) is 0 Å². The first-order valence-electron chi connectivity index (χ1n) is 6.27. The maximum absolute atomic E-state index is 12.4. The molecule has 2 rings (SSSR count). The molecule has 0 aliphatic rings. The number of hydrogen-bond donors (Lipinski definition) is 1. The molecule has 0 unspecified atom stereocenters. The second kappa shape index (κ2) is 6.52. The van der Waals surface area contributed by atoms with Crippen LogP contribution >= 0.6 is 15.9 Å². The number of aromatic nitrogens is 1. The van der Waals surface area contributed by atoms with Crippen molar-refractivity contribution in [3.05, 3.63) is 58.3 Å². The molecule has 0 bridgehead atoms. The predicted molar refractivity (Wildman–Crippen MR) is 83.5 cm³/mol. The predicted octanol–water partition coefficient (Wildman–Crippen LogP) is 2.74. The SMILES string of the molecule is CN(CCc1ccncc1)C(=O)c1cc(Br)ccc1N. The lowest BCUT2D eigenvalue weighted by atomic mass is 10.1. The third kappa shape index (κ3) is 3.57. The second-order valence-corrected chi connectivity index (χ2v) is 5.48. The van der Waals surface area contributed by atoms with Gasteiger partial charge in [0.2, 0.25) is 0 Å². The van der Waals surface area contributed by atoms with E-state index in [0.29, 0.717) is 17.8 Å². The first-order chi connectivity index (χ1) is 9.58. The molecule has 0 saturated heterocycles. The molecule has 0 atom stereocenters. The summed E-state index contributed by atoms with van der Waals surface area (Å²) in [4.78, 5) is 18.0. The molecule has 1 aromatic heterocycles. The summed E-state index contributed by atoms with van der Waals surface area (Å²) < 4.78 is 0.845. The number of halogens is 1. The highest BCUT2D eigenvalue weighted by atomic mass is 79.9. The van der Waals surface area contributed by atoms with Crippen molar-refractivity contribution in [2.45, 2.75) is 6.42 Å². The van der Waals surface area contributed by atoms with Crippen molar-refractivity contribution in [2.24, 2.45) is 0 Å². The van der Waals surface area contributed by atoms with Gasteiger partial charge >= 0.3 is 0 Å². The van der Waals surface area contributed by atoms with Gasteiger partial charge in [-0.15, -0.1) is 0 Å². The van der Waals surface area contributed by atoms with Gasteiger partial charge in [-0.2, -0.15) is 0 Å². The number of benzene rings is 1. The number of pyridine rings is 1. The molecule has 5 heteroatoms. The van der Waals surface area contributed by atoms with Crippen molar-refractivity contribution in [1.29, 1.82) is 0 Å². The standard InChI is InChI=1S/C15H16BrN3O/c1-19(9-6-11-4-7-18-8-5-11)15(20)13-10-12(16)2-3-14(13)17/h2-5,7-8,10H,6,9,17H2,1H3. The fourth-order valence-corrected chi connectivity index (χ4v) is 2.23. The van der Waals surface area contributed by atoms with Crippen LogP contribution in [0.25, 0.3) is 0 Å². The molecule has 0 fully saturated rings. The molecule has 0 aliphatic carbocycles. The van der Waals surface area contributed by atoms with Gasteiger partial charge in [-0.25, -0.2) is 0 Å². The summed E-state index contributed by atoms with van der Waals surface area (Å²) in [5.41, 5.74) is 8.03. The van der Waals surface area contributed by atoms with E-state index in [1.807, 2.05) is 18.2 Å². The molecule has 20 heavy (non-hydrogen) atoms. The molecule has 0 spiro atoms. The van der Waals surface area contributed by atoms with Crippen LogP contribution in [0.2, 0.25) is 0 Å². The largest absolute Gasteiger partial charge is 0.398 e. The van der Waals surface area contributed by atoms with Crippen LogP contribution in [0.5, 0.6) is 0 Å². The zero-order valence-corrected chi connectivity index (χ0v) is 12.8. The highest BCUT2D eigenvalue weighted by molar-refractivity contribution is 9.10. The van der Waals surface area contributed by atoms with E-state index < -0.39 is 0 Å². The number of amides is 1. The average Bonchev–Trinajstić information content (AvgIpc) is 2.47. The Bertz CT molecular complexity index is 601. The Kier molecular flexibility index (Phi) is 4.74. The van der Waals surface area contributed by atoms with E-state index in [4.69, 9.17) is 5.73 Å². The van der Waals surface area contributed by atoms with Crippen LogP contribution in [-0.4, -0.2) is 29.4 Å². The normalized spacial score (nSPS) is 10.3. The molecular weight excluding hydrogens is 318 g/mol. The van der Waals surface area contributed by atoms with Crippen molar-refractivity contribution < 1.29 is 4.79 Å². The first kappa shape index (κ1) is 14.5. The number of carbonyl (C=O) groups excluding carboxylic acids is 1. The molecule has 2 N–H and O–H groups in total. The summed E-state index contributed by atoms with van der Waals surface area (Å²) in [5.74, 6) is -0.0714. The zero-order valence-electron chi connectivity index (χ0n) is 11.2. The Morgan fingerprint density at radius 3 is 2.70 bits per heavy atom. The van der Waals surface area contributed by atoms with Gasteiger partial charge < -0.3 is 10.6 Å². The number of nitrogens with two attached hydrogens (primary N) is 1. The summed E-state index contributed by atoms with van der Waals surface area (Å²) in [6.45, 7) is 0.634. The summed E-state index contributed by atoms with van der Waals surface area (Å²) in [6, 6.07) is 9.20. The van der Waals surface area contributed by atoms with E-state index >= 15 is 0 Å². The molecule has 104 valence electrons. The van der Waals surface area contributed by atoms with Crippen molar-refractivity contribution in [2.75, 3.05) is 19.3 Å². The smallest absolute Gasteiger partial charge is 0.255 e. The third-order valence-electron chi connectivity index (χ3n) is 3.08. The Balaban J connectivity index is 2.03. The zero-order chi connectivity index (χ0) is 14.5. The maximum atomic E-state index is 12.4. The van der Waals surface area contributed by atoms with Crippen LogP contribution in [0.1, 0.15) is 15.9 Å². The van der Waals surface area contributed by atoms with E-state index in [9.17, 15) is 4.79 Å². The average molecular weight is 334 g/mol. The first-order valence-corrected chi connectivity index (χ1v) is 7.06. The number of nitrogen functional groups attached to an aromatic ring is 1. The van der Waals surface area contributed by atoms with E-state index in [1.54, 1.807) is 36.5 Å². The maximum Gasteiger partial charge on any atom is 0.255 e. The minimum atomic E-state index is -0.0714. The topological polar surface area (TPSA) is 59.2 Å². The van der Waals surface area contributed by atoms with Gasteiger partial charge in [-0.3, -0.25) is 9.78 Å². The molecule has 1 amide bonds. The van der Waals surface area contributed by atoms with E-state index in [0.717, 1.165) is 16.5 Å². The highest BCUT2D eigenvalue weighted by Gasteiger charge is 2.14. The fraction of sp³-hybridized carbons (Fsp3) is 0.200. The van der Waals surface area contributed by atoms with Crippen LogP contribution in [0.3, 0.4) is 0 Å². The number of hydrogen-bond acceptors (Lipinski definition) is 3. The number of likely N-dealkylation sites (N-methyl/N-ethyl adjacent to an activating group) is 1. The van der Waals surface area contributed by atoms with Gasteiger partial charge in [-0.1, -0.05) is 15.9 Å². The fourth-order valence-electron chi connectivity index (χ4n) is 1.87. The van der Waals surface area contributed by atoms with Gasteiger partial charge in [0.25, 0.3) is 5.91 Å². The lowest BCUT2D eigenvalue weighted by Gasteiger charge is -2.18. The Hall–Kier alpha value is -1.88. The number of nitrogens with zero attached hydrogens (tertiary/aromatic N) is 2. The van der Waals surface area contributed by atoms with E-state index in [2.05, 4.69) is 20.9 Å². The monoisotopic (exact) mass is 333 g/mol. The van der Waals surface area contributed by atoms with Crippen LogP contribution in [-0.2, 0) is 6.42 Å². The number of rotatable bonds is 4. The second-order valence-electron chi connectivity index (χ2n) is 4.56. The van der Waals surface area contributed by atoms with Crippen LogP contribution in [0.4, 0.5) is 5.69 Å². The third-order valence-corrected chi connectivity index (χ3v) is 3.57. The molecule has 1 heterocycles. The summed E-state index contributed by atoms with van der Waals surface area (Å²) in [5, 5.41) is 0. The summed E-state index contributed by atoms with van der Waals surface area (Å²) in [6.07, 6.45) is 4.30. The van der Waals surface area contributed by atoms with Gasteiger partial charge in [-0.05, 0) is 42.3 Å². The van der Waals surface area contributed by atoms with Gasteiger partial charge in [0, 0.05) is 36.1 Å². The number of anilines is 1. The molecule has 4 nitrogen and oxygen atoms in total. The minimum Gasteiger partial charge on any atom is -0.398 e. The van der Waals surface area contributed by atoms with Gasteiger partial charge in [0.15, 0.2) is 0 Å². The summed E-state index contributed by atoms with van der Waals surface area (Å²) in [7, 11) is 1.78. The highest BCUT2D eigenvalue weighted by Crippen LogP contribution is 2.19. The van der Waals surface area contributed by atoms with E-state index in [1.165, 1.54) is 0 Å². The van der Waals surface area contributed by atoms with Gasteiger partial charge in [0.05, 0.1) is 5.56 Å². The minimum absolute atomic E-state index is 0.0714. The van der Waals surface area contributed by atoms with Crippen LogP contribution < -0.4 is 5.73 Å². The van der Waals surface area contributed by atoms with Crippen LogP contribution in [0, 0.1) is 0 Å². The van der Waals surface area contributed by atoms with Crippen molar-refractivity contribution in [3.63, 3.8) is 0 Å². The molecule has 2 aromatic rings. The molecule has 1 aromatic carbocycles. The molecular formula is C15H16BrN3O. The number of carbonyl (C=O) groups is 1. The Morgan fingerprint density at radius 2 is 2.00 bits per heavy atom. The quantitative estimate of drug-likeness (QED) is 0.875. The lowest BCUT2D eigenvalue weighted by molar-refractivity contribution is 0.0797. The Labute approximate surface area is 126 Å². The van der Waals surface area contributed by atoms with Crippen molar-refractivity contribution >= 4 is 27.5 Å². The lowest BCUT2D eigenvalue weighted by Crippen LogP contribution is -2.29. The van der Waals surface area contributed by atoms with Crippen molar-refractivity contribution in [3.8, 4) is 0 Å². The summed E-state index contributed by atoms with van der Waals surface area (Å²) >= 11 is 3.36. The Morgan fingerprint density at radius 1 is 1.30 bits per heavy atom. The molecule has 0 saturated carbocycles. The van der Waals surface area contributed by atoms with Crippen molar-refractivity contribution in [1.82, 2.24) is 9.88 Å². The molecule has 0 radical (unpaired) electrons.